The number of ether oxygens (including phenoxy) is 1. The van der Waals surface area contributed by atoms with Gasteiger partial charge in [-0.1, -0.05) is 0 Å². The van der Waals surface area contributed by atoms with Gasteiger partial charge in [0.05, 0.1) is 18.6 Å². The normalized spacial score (nSPS) is 29.5. The van der Waals surface area contributed by atoms with Crippen LogP contribution in [0.5, 0.6) is 0 Å². The molecule has 0 aromatic carbocycles. The lowest BCUT2D eigenvalue weighted by molar-refractivity contribution is -0.492. The average Bonchev–Trinajstić information content (AvgIpc) is 2.66. The van der Waals surface area contributed by atoms with Gasteiger partial charge in [0.1, 0.15) is 6.10 Å². The van der Waals surface area contributed by atoms with Crippen molar-refractivity contribution < 1.29 is 19.9 Å². The zero-order chi connectivity index (χ0) is 14.9. The maximum absolute atomic E-state index is 11.7. The van der Waals surface area contributed by atoms with Gasteiger partial charge in [0.2, 0.25) is 6.54 Å². The highest BCUT2D eigenvalue weighted by Crippen LogP contribution is 2.33. The zero-order valence-electron chi connectivity index (χ0n) is 10.2. The number of H-pyrrole nitrogens is 1. The maximum Gasteiger partial charge on any atom is 0.330 e. The van der Waals surface area contributed by atoms with E-state index in [1.54, 1.807) is 0 Å². The Morgan fingerprint density at radius 2 is 2.20 bits per heavy atom. The molecule has 1 aliphatic rings. The van der Waals surface area contributed by atoms with Gasteiger partial charge in [-0.3, -0.25) is 24.5 Å². The molecule has 20 heavy (non-hydrogen) atoms. The van der Waals surface area contributed by atoms with Crippen molar-refractivity contribution in [3.8, 4) is 0 Å². The van der Waals surface area contributed by atoms with Crippen LogP contribution in [0, 0.1) is 16.0 Å². The summed E-state index contributed by atoms with van der Waals surface area (Å²) in [5.74, 6) is -1.01. The Morgan fingerprint density at radius 1 is 1.50 bits per heavy atom. The van der Waals surface area contributed by atoms with Crippen LogP contribution in [0.2, 0.25) is 0 Å². The highest BCUT2D eigenvalue weighted by Gasteiger charge is 2.47. The molecule has 2 heterocycles. The fourth-order valence-corrected chi connectivity index (χ4v) is 2.23. The van der Waals surface area contributed by atoms with Gasteiger partial charge < -0.3 is 14.9 Å². The van der Waals surface area contributed by atoms with Crippen molar-refractivity contribution in [1.82, 2.24) is 9.55 Å². The second kappa shape index (κ2) is 5.53. The van der Waals surface area contributed by atoms with Crippen molar-refractivity contribution in [2.45, 2.75) is 18.4 Å². The van der Waals surface area contributed by atoms with E-state index in [9.17, 15) is 24.8 Å². The molecule has 4 unspecified atom stereocenters. The minimum Gasteiger partial charge on any atom is -0.394 e. The topological polar surface area (TPSA) is 148 Å². The number of hydrogen-bond acceptors (Lipinski definition) is 7. The average molecular weight is 287 g/mol. The lowest BCUT2D eigenvalue weighted by Gasteiger charge is -2.18. The molecule has 0 bridgehead atoms. The van der Waals surface area contributed by atoms with Crippen LogP contribution in [0.4, 0.5) is 0 Å². The second-order valence-electron chi connectivity index (χ2n) is 4.43. The van der Waals surface area contributed by atoms with E-state index in [0.717, 1.165) is 16.8 Å². The molecule has 1 aromatic rings. The Bertz CT molecular complexity index is 609. The number of hydrogen-bond donors (Lipinski definition) is 3. The standard InChI is InChI=1S/C10H13N3O7/c14-4-6-8(16)5(3-13(18)19)9(20-6)12-2-1-7(15)11-10(12)17/h1-2,5-6,8-9,14,16H,3-4H2,(H,11,15,17). The van der Waals surface area contributed by atoms with Gasteiger partial charge in [-0.05, 0) is 0 Å². The molecule has 0 radical (unpaired) electrons. The van der Waals surface area contributed by atoms with Crippen LogP contribution < -0.4 is 11.2 Å². The van der Waals surface area contributed by atoms with E-state index in [-0.39, 0.29) is 0 Å². The van der Waals surface area contributed by atoms with Crippen molar-refractivity contribution in [2.75, 3.05) is 13.2 Å². The lowest BCUT2D eigenvalue weighted by atomic mass is 10.00. The molecule has 0 amide bonds. The molecule has 110 valence electrons. The Kier molecular flexibility index (Phi) is 3.97. The molecule has 0 aliphatic carbocycles. The molecule has 1 saturated heterocycles. The second-order valence-corrected chi connectivity index (χ2v) is 4.43. The number of nitrogens with one attached hydrogen (secondary N) is 1. The minimum atomic E-state index is -1.28. The van der Waals surface area contributed by atoms with E-state index in [1.807, 2.05) is 4.98 Å². The van der Waals surface area contributed by atoms with Gasteiger partial charge in [-0.2, -0.15) is 0 Å². The van der Waals surface area contributed by atoms with Gasteiger partial charge in [0, 0.05) is 17.2 Å². The van der Waals surface area contributed by atoms with E-state index in [2.05, 4.69) is 0 Å². The molecule has 10 heteroatoms. The number of aliphatic hydroxyl groups excluding tert-OH is 2. The van der Waals surface area contributed by atoms with Crippen LogP contribution >= 0.6 is 0 Å². The van der Waals surface area contributed by atoms with Crippen LogP contribution in [0.25, 0.3) is 0 Å². The highest BCUT2D eigenvalue weighted by atomic mass is 16.6. The SMILES string of the molecule is O=c1ccn(C2OC(CO)C(O)C2C[N+](=O)[O-])c(=O)[nH]1. The monoisotopic (exact) mass is 287 g/mol. The Morgan fingerprint density at radius 3 is 2.75 bits per heavy atom. The van der Waals surface area contributed by atoms with Gasteiger partial charge in [-0.25, -0.2) is 4.79 Å². The molecular formula is C10H13N3O7. The Labute approximate surface area is 111 Å². The van der Waals surface area contributed by atoms with Crippen molar-refractivity contribution in [1.29, 1.82) is 0 Å². The van der Waals surface area contributed by atoms with Crippen LogP contribution in [-0.2, 0) is 4.74 Å². The molecule has 1 aliphatic heterocycles. The largest absolute Gasteiger partial charge is 0.394 e. The molecule has 4 atom stereocenters. The zero-order valence-corrected chi connectivity index (χ0v) is 10.2. The third-order valence-electron chi connectivity index (χ3n) is 3.17. The Balaban J connectivity index is 2.39. The predicted molar refractivity (Wildman–Crippen MR) is 63.7 cm³/mol. The number of nitrogens with zero attached hydrogens (tertiary/aromatic N) is 2. The number of aromatic nitrogens is 2. The predicted octanol–water partition coefficient (Wildman–Crippen LogP) is -2.32. The first kappa shape index (κ1) is 14.4. The summed E-state index contributed by atoms with van der Waals surface area (Å²) >= 11 is 0. The molecule has 1 aromatic heterocycles. The molecule has 0 saturated carbocycles. The molecule has 10 nitrogen and oxygen atoms in total. The van der Waals surface area contributed by atoms with E-state index < -0.39 is 53.7 Å². The van der Waals surface area contributed by atoms with Crippen molar-refractivity contribution in [2.24, 2.45) is 5.92 Å². The van der Waals surface area contributed by atoms with Crippen LogP contribution in [0.3, 0.4) is 0 Å². The Hall–Kier alpha value is -2.04. The molecule has 3 N–H and O–H groups in total. The van der Waals surface area contributed by atoms with Crippen LogP contribution in [0.1, 0.15) is 6.23 Å². The number of nitro groups is 1. The summed E-state index contributed by atoms with van der Waals surface area (Å²) in [6.45, 7) is -1.17. The third kappa shape index (κ3) is 2.61. The summed E-state index contributed by atoms with van der Waals surface area (Å²) in [5, 5.41) is 29.6. The first-order chi connectivity index (χ1) is 9.43. The summed E-state index contributed by atoms with van der Waals surface area (Å²) in [7, 11) is 0. The van der Waals surface area contributed by atoms with E-state index in [1.165, 1.54) is 0 Å². The van der Waals surface area contributed by atoms with Crippen molar-refractivity contribution >= 4 is 0 Å². The van der Waals surface area contributed by atoms with Crippen LogP contribution in [0.15, 0.2) is 21.9 Å². The van der Waals surface area contributed by atoms with Gasteiger partial charge >= 0.3 is 5.69 Å². The molecule has 2 rings (SSSR count). The van der Waals surface area contributed by atoms with Gasteiger partial charge in [0.15, 0.2) is 6.23 Å². The van der Waals surface area contributed by atoms with Gasteiger partial charge in [0.25, 0.3) is 5.56 Å². The fourth-order valence-electron chi connectivity index (χ4n) is 2.23. The fraction of sp³-hybridized carbons (Fsp3) is 0.600. The van der Waals surface area contributed by atoms with Crippen molar-refractivity contribution in [3.63, 3.8) is 0 Å². The summed E-state index contributed by atoms with van der Waals surface area (Å²) in [6.07, 6.45) is -2.31. The minimum absolute atomic E-state index is 0.538. The molecular weight excluding hydrogens is 274 g/mol. The summed E-state index contributed by atoms with van der Waals surface area (Å²) in [6, 6.07) is 1.06. The van der Waals surface area contributed by atoms with Gasteiger partial charge in [-0.15, -0.1) is 0 Å². The van der Waals surface area contributed by atoms with E-state index in [4.69, 9.17) is 9.84 Å². The number of aromatic amines is 1. The lowest BCUT2D eigenvalue weighted by Crippen LogP contribution is -2.37. The summed E-state index contributed by atoms with van der Waals surface area (Å²) in [4.78, 5) is 34.7. The molecule has 0 spiro atoms. The quantitative estimate of drug-likeness (QED) is 0.416. The van der Waals surface area contributed by atoms with Crippen LogP contribution in [-0.4, -0.2) is 50.0 Å². The molecule has 1 fully saturated rings. The number of aliphatic hydroxyl groups is 2. The summed E-state index contributed by atoms with van der Waals surface area (Å²) < 4.78 is 6.23. The first-order valence-electron chi connectivity index (χ1n) is 5.81. The smallest absolute Gasteiger partial charge is 0.330 e. The first-order valence-corrected chi connectivity index (χ1v) is 5.81. The maximum atomic E-state index is 11.7. The number of rotatable bonds is 4. The van der Waals surface area contributed by atoms with E-state index >= 15 is 0 Å². The third-order valence-corrected chi connectivity index (χ3v) is 3.17. The van der Waals surface area contributed by atoms with E-state index in [0.29, 0.717) is 0 Å². The highest BCUT2D eigenvalue weighted by molar-refractivity contribution is 4.92. The summed E-state index contributed by atoms with van der Waals surface area (Å²) in [5.41, 5.74) is -1.42. The van der Waals surface area contributed by atoms with Crippen molar-refractivity contribution in [3.05, 3.63) is 43.2 Å².